The highest BCUT2D eigenvalue weighted by atomic mass is 16.6. The van der Waals surface area contributed by atoms with Crippen LogP contribution in [-0.4, -0.2) is 37.2 Å². The van der Waals surface area contributed by atoms with E-state index in [-0.39, 0.29) is 18.1 Å². The van der Waals surface area contributed by atoms with E-state index in [1.807, 2.05) is 52.8 Å². The molecular formula is C19H28N2O5. The van der Waals surface area contributed by atoms with Gasteiger partial charge in [-0.2, -0.15) is 0 Å². The smallest absolute Gasteiger partial charge is 0.344 e. The molecule has 26 heavy (non-hydrogen) atoms. The van der Waals surface area contributed by atoms with E-state index in [0.717, 1.165) is 12.0 Å². The van der Waals surface area contributed by atoms with E-state index in [0.29, 0.717) is 5.75 Å². The van der Waals surface area contributed by atoms with Crippen LogP contribution in [0.1, 0.15) is 46.6 Å². The molecule has 0 saturated carbocycles. The first-order valence-corrected chi connectivity index (χ1v) is 8.61. The van der Waals surface area contributed by atoms with Crippen molar-refractivity contribution in [2.45, 2.75) is 52.5 Å². The summed E-state index contributed by atoms with van der Waals surface area (Å²) in [7, 11) is 0. The standard InChI is InChI=1S/C19H28N2O5/c1-6-13(2)20-18(24)21-16(22)11-26-17(23)12-25-15-10-8-7-9-14(15)19(3,4)5/h7-10,13H,6,11-12H2,1-5H3,(H2,20,21,22,24)/t13-/m1/s1. The summed E-state index contributed by atoms with van der Waals surface area (Å²) >= 11 is 0. The van der Waals surface area contributed by atoms with Gasteiger partial charge in [-0.15, -0.1) is 0 Å². The number of esters is 1. The maximum absolute atomic E-state index is 11.8. The number of para-hydroxylation sites is 1. The molecule has 0 unspecified atom stereocenters. The van der Waals surface area contributed by atoms with Crippen molar-refractivity contribution < 1.29 is 23.9 Å². The van der Waals surface area contributed by atoms with Crippen LogP contribution in [0.25, 0.3) is 0 Å². The molecule has 7 nitrogen and oxygen atoms in total. The summed E-state index contributed by atoms with van der Waals surface area (Å²) in [6.45, 7) is 8.99. The van der Waals surface area contributed by atoms with Crippen LogP contribution in [0.2, 0.25) is 0 Å². The fourth-order valence-electron chi connectivity index (χ4n) is 2.06. The summed E-state index contributed by atoms with van der Waals surface area (Å²) in [6, 6.07) is 6.77. The monoisotopic (exact) mass is 364 g/mol. The predicted molar refractivity (Wildman–Crippen MR) is 98.0 cm³/mol. The Balaban J connectivity index is 2.42. The second-order valence-corrected chi connectivity index (χ2v) is 7.03. The average Bonchev–Trinajstić information content (AvgIpc) is 2.57. The normalized spacial score (nSPS) is 12.0. The first-order valence-electron chi connectivity index (χ1n) is 8.61. The number of benzene rings is 1. The third kappa shape index (κ3) is 7.55. The number of urea groups is 1. The van der Waals surface area contributed by atoms with Crippen LogP contribution in [-0.2, 0) is 19.7 Å². The van der Waals surface area contributed by atoms with E-state index in [1.54, 1.807) is 6.07 Å². The quantitative estimate of drug-likeness (QED) is 0.725. The summed E-state index contributed by atoms with van der Waals surface area (Å²) < 4.78 is 10.3. The second-order valence-electron chi connectivity index (χ2n) is 7.03. The van der Waals surface area contributed by atoms with Crippen LogP contribution >= 0.6 is 0 Å². The Labute approximate surface area is 154 Å². The highest BCUT2D eigenvalue weighted by Crippen LogP contribution is 2.30. The second kappa shape index (κ2) is 9.79. The molecule has 0 aromatic heterocycles. The van der Waals surface area contributed by atoms with Crippen molar-refractivity contribution in [1.29, 1.82) is 0 Å². The van der Waals surface area contributed by atoms with Gasteiger partial charge in [0.15, 0.2) is 13.2 Å². The molecule has 0 saturated heterocycles. The van der Waals surface area contributed by atoms with Crippen LogP contribution < -0.4 is 15.4 Å². The minimum Gasteiger partial charge on any atom is -0.482 e. The van der Waals surface area contributed by atoms with E-state index >= 15 is 0 Å². The van der Waals surface area contributed by atoms with Gasteiger partial charge >= 0.3 is 12.0 Å². The minimum absolute atomic E-state index is 0.0540. The van der Waals surface area contributed by atoms with Crippen LogP contribution in [0, 0.1) is 0 Å². The predicted octanol–water partition coefficient (Wildman–Crippen LogP) is 2.53. The number of hydrogen-bond acceptors (Lipinski definition) is 5. The van der Waals surface area contributed by atoms with Gasteiger partial charge in [0.2, 0.25) is 0 Å². The van der Waals surface area contributed by atoms with Crippen molar-refractivity contribution >= 4 is 17.9 Å². The molecule has 0 spiro atoms. The third-order valence-corrected chi connectivity index (χ3v) is 3.65. The van der Waals surface area contributed by atoms with Crippen molar-refractivity contribution in [3.05, 3.63) is 29.8 Å². The van der Waals surface area contributed by atoms with Gasteiger partial charge in [-0.1, -0.05) is 45.9 Å². The first-order chi connectivity index (χ1) is 12.1. The minimum atomic E-state index is -0.700. The summed E-state index contributed by atoms with van der Waals surface area (Å²) in [5, 5.41) is 4.68. The largest absolute Gasteiger partial charge is 0.482 e. The molecule has 0 radical (unpaired) electrons. The van der Waals surface area contributed by atoms with Gasteiger partial charge < -0.3 is 14.8 Å². The summed E-state index contributed by atoms with van der Waals surface area (Å²) in [6.07, 6.45) is 0.740. The fourth-order valence-corrected chi connectivity index (χ4v) is 2.06. The van der Waals surface area contributed by atoms with Crippen LogP contribution in [0.15, 0.2) is 24.3 Å². The molecular weight excluding hydrogens is 336 g/mol. The van der Waals surface area contributed by atoms with Crippen LogP contribution in [0.3, 0.4) is 0 Å². The van der Waals surface area contributed by atoms with E-state index in [9.17, 15) is 14.4 Å². The average molecular weight is 364 g/mol. The Kier molecular flexibility index (Phi) is 8.09. The van der Waals surface area contributed by atoms with Crippen molar-refractivity contribution in [3.8, 4) is 5.75 Å². The number of carbonyl (C=O) groups excluding carboxylic acids is 3. The van der Waals surface area contributed by atoms with Gasteiger partial charge in [0.05, 0.1) is 0 Å². The maximum atomic E-state index is 11.8. The van der Waals surface area contributed by atoms with Crippen molar-refractivity contribution in [1.82, 2.24) is 10.6 Å². The molecule has 2 N–H and O–H groups in total. The van der Waals surface area contributed by atoms with Crippen molar-refractivity contribution in [2.75, 3.05) is 13.2 Å². The molecule has 144 valence electrons. The lowest BCUT2D eigenvalue weighted by Gasteiger charge is -2.22. The van der Waals surface area contributed by atoms with Crippen molar-refractivity contribution in [2.24, 2.45) is 0 Å². The van der Waals surface area contributed by atoms with Crippen LogP contribution in [0.5, 0.6) is 5.75 Å². The zero-order chi connectivity index (χ0) is 19.7. The van der Waals surface area contributed by atoms with E-state index in [1.165, 1.54) is 0 Å². The number of hydrogen-bond donors (Lipinski definition) is 2. The molecule has 0 bridgehead atoms. The Bertz CT molecular complexity index is 637. The molecule has 0 aliphatic heterocycles. The van der Waals surface area contributed by atoms with Gasteiger partial charge in [0.25, 0.3) is 5.91 Å². The summed E-state index contributed by atoms with van der Waals surface area (Å²) in [4.78, 5) is 34.9. The van der Waals surface area contributed by atoms with E-state index in [4.69, 9.17) is 9.47 Å². The summed E-state index contributed by atoms with van der Waals surface area (Å²) in [5.74, 6) is -0.797. The zero-order valence-electron chi connectivity index (χ0n) is 16.0. The molecule has 3 amide bonds. The molecule has 0 aliphatic rings. The summed E-state index contributed by atoms with van der Waals surface area (Å²) in [5.41, 5.74) is 0.830. The molecule has 1 rings (SSSR count). The highest BCUT2D eigenvalue weighted by molar-refractivity contribution is 5.95. The van der Waals surface area contributed by atoms with E-state index in [2.05, 4.69) is 10.6 Å². The molecule has 1 aromatic rings. The lowest BCUT2D eigenvalue weighted by atomic mass is 9.86. The number of imide groups is 1. The first kappa shape index (κ1) is 21.5. The van der Waals surface area contributed by atoms with E-state index < -0.39 is 24.5 Å². The SMILES string of the molecule is CC[C@@H](C)NC(=O)NC(=O)COC(=O)COc1ccccc1C(C)(C)C. The van der Waals surface area contributed by atoms with Gasteiger partial charge in [-0.05, 0) is 30.4 Å². The Morgan fingerprint density at radius 3 is 2.38 bits per heavy atom. The number of carbonyl (C=O) groups is 3. The number of nitrogens with one attached hydrogen (secondary N) is 2. The fraction of sp³-hybridized carbons (Fsp3) is 0.526. The molecule has 0 fully saturated rings. The lowest BCUT2D eigenvalue weighted by molar-refractivity contribution is -0.150. The molecule has 1 aromatic carbocycles. The topological polar surface area (TPSA) is 93.7 Å². The third-order valence-electron chi connectivity index (χ3n) is 3.65. The highest BCUT2D eigenvalue weighted by Gasteiger charge is 2.19. The van der Waals surface area contributed by atoms with Gasteiger partial charge in [0, 0.05) is 6.04 Å². The lowest BCUT2D eigenvalue weighted by Crippen LogP contribution is -2.44. The molecule has 1 atom stereocenters. The molecule has 0 aliphatic carbocycles. The molecule has 7 heteroatoms. The van der Waals surface area contributed by atoms with Crippen molar-refractivity contribution in [3.63, 3.8) is 0 Å². The van der Waals surface area contributed by atoms with Gasteiger partial charge in [-0.3, -0.25) is 10.1 Å². The van der Waals surface area contributed by atoms with Gasteiger partial charge in [0.1, 0.15) is 5.75 Å². The number of ether oxygens (including phenoxy) is 2. The zero-order valence-corrected chi connectivity index (χ0v) is 16.0. The van der Waals surface area contributed by atoms with Crippen LogP contribution in [0.4, 0.5) is 4.79 Å². The van der Waals surface area contributed by atoms with Gasteiger partial charge in [-0.25, -0.2) is 9.59 Å². The molecule has 0 heterocycles. The Hall–Kier alpha value is -2.57. The number of rotatable bonds is 7. The Morgan fingerprint density at radius 1 is 1.12 bits per heavy atom. The Morgan fingerprint density at radius 2 is 1.77 bits per heavy atom. The maximum Gasteiger partial charge on any atom is 0.344 e. The number of amides is 3.